The van der Waals surface area contributed by atoms with Crippen molar-refractivity contribution in [3.05, 3.63) is 51.6 Å². The molecule has 17 nitrogen and oxygen atoms in total. The number of benzene rings is 2. The number of hydrogen-bond donors (Lipinski definition) is 5. The lowest BCUT2D eigenvalue weighted by Gasteiger charge is -2.48. The number of fused-ring (bicyclic) bond motifs is 3. The van der Waals surface area contributed by atoms with E-state index in [-0.39, 0.29) is 54.2 Å². The van der Waals surface area contributed by atoms with Crippen molar-refractivity contribution in [2.75, 3.05) is 21.2 Å². The van der Waals surface area contributed by atoms with Gasteiger partial charge in [0.25, 0.3) is 0 Å². The molecule has 2 aromatic carbocycles. The maximum absolute atomic E-state index is 14.0. The summed E-state index contributed by atoms with van der Waals surface area (Å²) in [6.45, 7) is 6.89. The summed E-state index contributed by atoms with van der Waals surface area (Å²) in [5.74, 6) is -5.90. The second-order valence-corrected chi connectivity index (χ2v) is 16.4. The number of rotatable bonds is 9. The topological polar surface area (TPSA) is 237 Å². The molecule has 59 heavy (non-hydrogen) atoms. The number of aliphatic hydroxyl groups excluding tert-OH is 1. The number of carbonyl (C=O) groups is 4. The number of phenols is 3. The van der Waals surface area contributed by atoms with Crippen LogP contribution in [0, 0.1) is 0 Å². The average molecular weight is 828 g/mol. The molecule has 3 fully saturated rings. The number of carbonyl (C=O) groups excluding carboxylic acids is 4. The van der Waals surface area contributed by atoms with Crippen LogP contribution < -0.4 is 0 Å². The Balaban J connectivity index is 1.14. The molecule has 0 saturated carbocycles. The first kappa shape index (κ1) is 43.1. The zero-order valence-electron chi connectivity index (χ0n) is 34.1. The largest absolute Gasteiger partial charge is 0.507 e. The van der Waals surface area contributed by atoms with Gasteiger partial charge >= 0.3 is 5.97 Å². The Morgan fingerprint density at radius 1 is 0.864 bits per heavy atom. The van der Waals surface area contributed by atoms with Crippen molar-refractivity contribution in [3.8, 4) is 17.2 Å². The number of aliphatic hydroxyl groups is 2. The van der Waals surface area contributed by atoms with Gasteiger partial charge < -0.3 is 63.6 Å². The minimum atomic E-state index is -1.81. The van der Waals surface area contributed by atoms with Crippen LogP contribution in [0.2, 0.25) is 0 Å². The highest BCUT2D eigenvalue weighted by atomic mass is 16.7. The monoisotopic (exact) mass is 827 g/mol. The summed E-state index contributed by atoms with van der Waals surface area (Å²) in [6.07, 6.45) is -6.99. The molecule has 13 atom stereocenters. The van der Waals surface area contributed by atoms with Gasteiger partial charge in [0.2, 0.25) is 5.78 Å². The summed E-state index contributed by atoms with van der Waals surface area (Å²) in [6, 6.07) is 3.01. The normalized spacial score (nSPS) is 35.9. The first-order chi connectivity index (χ1) is 27.9. The van der Waals surface area contributed by atoms with E-state index in [1.165, 1.54) is 6.07 Å². The van der Waals surface area contributed by atoms with Gasteiger partial charge in [-0.1, -0.05) is 6.92 Å². The lowest BCUT2D eigenvalue weighted by molar-refractivity contribution is -0.324. The van der Waals surface area contributed by atoms with Crippen LogP contribution in [0.25, 0.3) is 0 Å². The molecule has 322 valence electrons. The van der Waals surface area contributed by atoms with E-state index in [4.69, 9.17) is 33.2 Å². The van der Waals surface area contributed by atoms with Crippen molar-refractivity contribution in [2.24, 2.45) is 0 Å². The summed E-state index contributed by atoms with van der Waals surface area (Å²) in [5, 5.41) is 56.5. The fourth-order valence-corrected chi connectivity index (χ4v) is 9.33. The maximum atomic E-state index is 14.0. The van der Waals surface area contributed by atoms with Gasteiger partial charge in [-0.3, -0.25) is 19.2 Å². The van der Waals surface area contributed by atoms with Gasteiger partial charge in [-0.15, -0.1) is 0 Å². The van der Waals surface area contributed by atoms with Crippen molar-refractivity contribution < 1.29 is 77.9 Å². The number of Topliss-reactive ketones (excluding diaryl/α,β-unsaturated/α-hetero) is 1. The Hall–Kier alpha value is -4.04. The quantitative estimate of drug-likeness (QED) is 0.154. The summed E-state index contributed by atoms with van der Waals surface area (Å²) < 4.78 is 42.6. The molecule has 0 spiro atoms. The molecule has 17 heteroatoms. The molecule has 3 saturated heterocycles. The smallest absolute Gasteiger partial charge is 0.316 e. The summed E-state index contributed by atoms with van der Waals surface area (Å²) in [7, 11) is 4.85. The third-order valence-corrected chi connectivity index (χ3v) is 12.5. The van der Waals surface area contributed by atoms with E-state index in [0.717, 1.165) is 19.2 Å². The Kier molecular flexibility index (Phi) is 12.0. The minimum absolute atomic E-state index is 0.00116. The Morgan fingerprint density at radius 2 is 1.47 bits per heavy atom. The van der Waals surface area contributed by atoms with Crippen LogP contribution in [0.3, 0.4) is 0 Å². The lowest BCUT2D eigenvalue weighted by Crippen LogP contribution is -2.58. The van der Waals surface area contributed by atoms with Crippen LogP contribution in [0.15, 0.2) is 18.2 Å². The van der Waals surface area contributed by atoms with Crippen LogP contribution in [0.1, 0.15) is 121 Å². The van der Waals surface area contributed by atoms with Crippen molar-refractivity contribution in [1.82, 2.24) is 4.90 Å². The zero-order valence-corrected chi connectivity index (χ0v) is 34.1. The number of esters is 1. The van der Waals surface area contributed by atoms with E-state index in [0.29, 0.717) is 12.8 Å². The first-order valence-electron chi connectivity index (χ1n) is 20.0. The van der Waals surface area contributed by atoms with E-state index >= 15 is 0 Å². The number of phenolic OH excluding ortho intramolecular Hbond substituents is 3. The molecule has 2 aromatic rings. The average Bonchev–Trinajstić information content (AvgIpc) is 3.17. The molecule has 0 amide bonds. The Labute approximate surface area is 341 Å². The lowest BCUT2D eigenvalue weighted by atomic mass is 9.67. The third-order valence-electron chi connectivity index (χ3n) is 12.5. The number of likely N-dealkylation sites (N-methyl/N-ethyl adjacent to an activating group) is 1. The number of aromatic hydroxyl groups is 3. The summed E-state index contributed by atoms with van der Waals surface area (Å²) in [5.41, 5.74) is -3.58. The van der Waals surface area contributed by atoms with Gasteiger partial charge in [-0.25, -0.2) is 0 Å². The van der Waals surface area contributed by atoms with Crippen LogP contribution in [-0.4, -0.2) is 142 Å². The molecule has 5 aliphatic rings. The predicted molar refractivity (Wildman–Crippen MR) is 203 cm³/mol. The predicted octanol–water partition coefficient (Wildman–Crippen LogP) is 2.86. The van der Waals surface area contributed by atoms with E-state index in [2.05, 4.69) is 0 Å². The van der Waals surface area contributed by atoms with Crippen molar-refractivity contribution >= 4 is 23.3 Å². The van der Waals surface area contributed by atoms with Gasteiger partial charge in [0, 0.05) is 49.3 Å². The molecular weight excluding hydrogens is 774 g/mol. The summed E-state index contributed by atoms with van der Waals surface area (Å²) in [4.78, 5) is 55.1. The van der Waals surface area contributed by atoms with Gasteiger partial charge in [-0.05, 0) is 65.0 Å². The third kappa shape index (κ3) is 7.65. The number of ketones is 3. The molecule has 0 aromatic heterocycles. The highest BCUT2D eigenvalue weighted by Gasteiger charge is 2.54. The first-order valence-corrected chi connectivity index (χ1v) is 20.0. The zero-order chi connectivity index (χ0) is 42.8. The van der Waals surface area contributed by atoms with Crippen LogP contribution in [0.4, 0.5) is 0 Å². The number of ether oxygens (including phenoxy) is 7. The molecule has 3 aliphatic heterocycles. The molecule has 3 heterocycles. The number of hydrogen-bond acceptors (Lipinski definition) is 17. The van der Waals surface area contributed by atoms with E-state index in [9.17, 15) is 44.7 Å². The Bertz CT molecular complexity index is 1990. The molecular formula is C42H53NO16. The van der Waals surface area contributed by atoms with Gasteiger partial charge in [0.1, 0.15) is 41.5 Å². The van der Waals surface area contributed by atoms with Gasteiger partial charge in [0.15, 0.2) is 30.4 Å². The minimum Gasteiger partial charge on any atom is -0.507 e. The highest BCUT2D eigenvalue weighted by molar-refractivity contribution is 6.31. The van der Waals surface area contributed by atoms with E-state index < -0.39 is 125 Å². The molecule has 0 radical (unpaired) electrons. The molecule has 0 bridgehead atoms. The SMILES string of the molecule is CC[C@]1(O)C[C@H](O[C@@H]2C[C@H](N(C)C)[C@H](O[C@@H]3C[C@H](O)[C@H](O[C@@H]4CCC(=O)[C@H](C)O4)[C@H](C)O3)[C@H](C)O2)c2c(cc3c(c2O)C(=O)c2c(O)ccc(O)c2C3=O)[C@H]1C(=O)OC. The van der Waals surface area contributed by atoms with Crippen LogP contribution in [-0.2, 0) is 42.7 Å². The fourth-order valence-electron chi connectivity index (χ4n) is 9.33. The maximum Gasteiger partial charge on any atom is 0.316 e. The standard InChI is InChI=1S/C42H53NO16/c1-8-42(52)16-27(31-20(35(42)41(51)53-7)13-21-32(37(31)49)38(50)34-25(46)10-9-24(45)33(34)36(21)48)57-29-14-22(43(5)6)39(18(3)55-29)59-30-15-26(47)40(19(4)56-30)58-28-12-11-23(44)17(2)54-28/h9-10,13,17-19,22,26-30,35,39-40,45-47,49,52H,8,11-12,14-16H2,1-7H3/t17-,18-,19-,22-,26-,27-,28+,29+,30+,35-,39+,40+,42-/m0/s1. The molecule has 2 aliphatic carbocycles. The van der Waals surface area contributed by atoms with Crippen molar-refractivity contribution in [2.45, 2.75) is 145 Å². The number of nitrogens with zero attached hydrogens (tertiary/aromatic N) is 1. The number of methoxy groups -OCH3 is 1. The van der Waals surface area contributed by atoms with Crippen molar-refractivity contribution in [1.29, 1.82) is 0 Å². The highest BCUT2D eigenvalue weighted by Crippen LogP contribution is 2.54. The van der Waals surface area contributed by atoms with Gasteiger partial charge in [-0.2, -0.15) is 0 Å². The molecule has 7 rings (SSSR count). The Morgan fingerprint density at radius 3 is 2.07 bits per heavy atom. The fraction of sp³-hybridized carbons (Fsp3) is 0.619. The molecule has 5 N–H and O–H groups in total. The van der Waals surface area contributed by atoms with Crippen molar-refractivity contribution in [3.63, 3.8) is 0 Å². The van der Waals surface area contributed by atoms with E-state index in [1.54, 1.807) is 27.7 Å². The second-order valence-electron chi connectivity index (χ2n) is 16.4. The second kappa shape index (κ2) is 16.4. The van der Waals surface area contributed by atoms with Gasteiger partial charge in [0.05, 0.1) is 53.8 Å². The molecule has 0 unspecified atom stereocenters. The van der Waals surface area contributed by atoms with E-state index in [1.807, 2.05) is 19.0 Å². The summed E-state index contributed by atoms with van der Waals surface area (Å²) >= 11 is 0. The van der Waals surface area contributed by atoms with Crippen LogP contribution >= 0.6 is 0 Å². The van der Waals surface area contributed by atoms with Crippen LogP contribution in [0.5, 0.6) is 17.2 Å².